The van der Waals surface area contributed by atoms with Gasteiger partial charge in [-0.2, -0.15) is 13.2 Å². The molecule has 0 saturated heterocycles. The molecule has 0 amide bonds. The maximum atomic E-state index is 12.2. The summed E-state index contributed by atoms with van der Waals surface area (Å²) in [6.07, 6.45) is -5.60. The highest BCUT2D eigenvalue weighted by molar-refractivity contribution is 5.30. The molecule has 1 unspecified atom stereocenters. The average Bonchev–Trinajstić information content (AvgIpc) is 1.99. The van der Waals surface area contributed by atoms with Gasteiger partial charge in [0.2, 0.25) is 0 Å². The molecular weight excluding hydrogens is 205 g/mol. The summed E-state index contributed by atoms with van der Waals surface area (Å²) in [5.41, 5.74) is -0.877. The third-order valence-corrected chi connectivity index (χ3v) is 2.27. The molecule has 0 saturated carbocycles. The second kappa shape index (κ2) is 3.85. The third kappa shape index (κ3) is 3.23. The van der Waals surface area contributed by atoms with Crippen LogP contribution in [0, 0.1) is 6.92 Å². The van der Waals surface area contributed by atoms with Crippen molar-refractivity contribution in [3.05, 3.63) is 35.4 Å². The average molecular weight is 218 g/mol. The maximum absolute atomic E-state index is 12.2. The van der Waals surface area contributed by atoms with Gasteiger partial charge in [0.25, 0.3) is 0 Å². The molecule has 0 bridgehead atoms. The number of hydrogen-bond donors (Lipinski definition) is 1. The molecule has 1 N–H and O–H groups in total. The number of halogens is 3. The van der Waals surface area contributed by atoms with Crippen LogP contribution in [0.2, 0.25) is 0 Å². The van der Waals surface area contributed by atoms with E-state index in [2.05, 4.69) is 0 Å². The van der Waals surface area contributed by atoms with E-state index < -0.39 is 18.2 Å². The molecule has 84 valence electrons. The number of hydrogen-bond acceptors (Lipinski definition) is 1. The molecule has 15 heavy (non-hydrogen) atoms. The second-order valence-electron chi connectivity index (χ2n) is 3.88. The summed E-state index contributed by atoms with van der Waals surface area (Å²) < 4.78 is 36.6. The minimum Gasteiger partial charge on any atom is -0.385 e. The van der Waals surface area contributed by atoms with Crippen LogP contribution in [0.5, 0.6) is 0 Å². The maximum Gasteiger partial charge on any atom is 0.392 e. The quantitative estimate of drug-likeness (QED) is 0.808. The van der Waals surface area contributed by atoms with Crippen molar-refractivity contribution in [3.63, 3.8) is 0 Å². The van der Waals surface area contributed by atoms with Crippen molar-refractivity contribution in [2.24, 2.45) is 0 Å². The smallest absolute Gasteiger partial charge is 0.385 e. The highest BCUT2D eigenvalue weighted by atomic mass is 19.4. The van der Waals surface area contributed by atoms with E-state index in [1.54, 1.807) is 25.1 Å². The van der Waals surface area contributed by atoms with E-state index in [1.807, 2.05) is 0 Å². The van der Waals surface area contributed by atoms with Gasteiger partial charge in [0.15, 0.2) is 0 Å². The van der Waals surface area contributed by atoms with Crippen LogP contribution in [-0.2, 0) is 5.60 Å². The fraction of sp³-hybridized carbons (Fsp3) is 0.455. The Morgan fingerprint density at radius 2 is 1.73 bits per heavy atom. The van der Waals surface area contributed by atoms with E-state index in [0.29, 0.717) is 11.1 Å². The van der Waals surface area contributed by atoms with Crippen molar-refractivity contribution in [1.82, 2.24) is 0 Å². The minimum absolute atomic E-state index is 0.322. The Kier molecular flexibility index (Phi) is 3.09. The normalized spacial score (nSPS) is 16.1. The van der Waals surface area contributed by atoms with Gasteiger partial charge in [0.1, 0.15) is 0 Å². The summed E-state index contributed by atoms with van der Waals surface area (Å²) in [4.78, 5) is 0. The second-order valence-corrected chi connectivity index (χ2v) is 3.88. The Balaban J connectivity index is 3.01. The number of aliphatic hydroxyl groups is 1. The molecule has 0 aromatic heterocycles. The molecule has 0 heterocycles. The summed E-state index contributed by atoms with van der Waals surface area (Å²) in [5, 5.41) is 9.78. The molecule has 0 aliphatic heterocycles. The van der Waals surface area contributed by atoms with Crippen molar-refractivity contribution < 1.29 is 18.3 Å². The van der Waals surface area contributed by atoms with E-state index in [9.17, 15) is 18.3 Å². The molecule has 0 radical (unpaired) electrons. The van der Waals surface area contributed by atoms with Gasteiger partial charge in [-0.05, 0) is 25.0 Å². The predicted molar refractivity (Wildman–Crippen MR) is 51.4 cm³/mol. The van der Waals surface area contributed by atoms with Crippen molar-refractivity contribution in [2.45, 2.75) is 32.0 Å². The van der Waals surface area contributed by atoms with Crippen LogP contribution in [0.3, 0.4) is 0 Å². The fourth-order valence-corrected chi connectivity index (χ4v) is 1.66. The molecule has 0 spiro atoms. The van der Waals surface area contributed by atoms with E-state index in [0.717, 1.165) is 0 Å². The van der Waals surface area contributed by atoms with Crippen LogP contribution in [-0.4, -0.2) is 11.3 Å². The van der Waals surface area contributed by atoms with Gasteiger partial charge in [0.05, 0.1) is 12.0 Å². The van der Waals surface area contributed by atoms with E-state index in [1.165, 1.54) is 13.0 Å². The summed E-state index contributed by atoms with van der Waals surface area (Å²) in [7, 11) is 0. The Hall–Kier alpha value is -1.03. The first-order valence-corrected chi connectivity index (χ1v) is 4.58. The van der Waals surface area contributed by atoms with Gasteiger partial charge < -0.3 is 5.11 Å². The molecule has 1 nitrogen and oxygen atoms in total. The molecular formula is C11H13F3O. The number of aryl methyl sites for hydroxylation is 1. The van der Waals surface area contributed by atoms with Crippen molar-refractivity contribution in [1.29, 1.82) is 0 Å². The monoisotopic (exact) mass is 218 g/mol. The van der Waals surface area contributed by atoms with Gasteiger partial charge in [-0.1, -0.05) is 24.3 Å². The van der Waals surface area contributed by atoms with Crippen molar-refractivity contribution in [2.75, 3.05) is 0 Å². The Bertz CT molecular complexity index is 342. The third-order valence-electron chi connectivity index (χ3n) is 2.27. The van der Waals surface area contributed by atoms with Crippen molar-refractivity contribution >= 4 is 0 Å². The lowest BCUT2D eigenvalue weighted by Gasteiger charge is -2.26. The highest BCUT2D eigenvalue weighted by Crippen LogP contribution is 2.35. The SMILES string of the molecule is Cc1ccccc1C(C)(O)CC(F)(F)F. The molecule has 1 aromatic carbocycles. The van der Waals surface area contributed by atoms with Gasteiger partial charge in [-0.3, -0.25) is 0 Å². The number of rotatable bonds is 2. The molecule has 4 heteroatoms. The lowest BCUT2D eigenvalue weighted by Crippen LogP contribution is -2.29. The lowest BCUT2D eigenvalue weighted by atomic mass is 9.89. The first-order valence-electron chi connectivity index (χ1n) is 4.58. The molecule has 1 rings (SSSR count). The first kappa shape index (κ1) is 12.0. The van der Waals surface area contributed by atoms with Gasteiger partial charge >= 0.3 is 6.18 Å². The summed E-state index contributed by atoms with van der Waals surface area (Å²) in [6, 6.07) is 6.54. The molecule has 0 aliphatic rings. The Morgan fingerprint density at radius 1 is 1.20 bits per heavy atom. The number of alkyl halides is 3. The zero-order valence-electron chi connectivity index (χ0n) is 8.60. The fourth-order valence-electron chi connectivity index (χ4n) is 1.66. The number of benzene rings is 1. The summed E-state index contributed by atoms with van der Waals surface area (Å²) in [6.45, 7) is 2.86. The molecule has 1 aromatic rings. The minimum atomic E-state index is -4.37. The molecule has 1 atom stereocenters. The van der Waals surface area contributed by atoms with Crippen LogP contribution in [0.1, 0.15) is 24.5 Å². The standard InChI is InChI=1S/C11H13F3O/c1-8-5-3-4-6-9(8)10(2,15)7-11(12,13)14/h3-6,15H,7H2,1-2H3. The van der Waals surface area contributed by atoms with Crippen LogP contribution in [0.4, 0.5) is 13.2 Å². The van der Waals surface area contributed by atoms with Crippen LogP contribution in [0.25, 0.3) is 0 Å². The van der Waals surface area contributed by atoms with Gasteiger partial charge in [-0.25, -0.2) is 0 Å². The van der Waals surface area contributed by atoms with E-state index >= 15 is 0 Å². The predicted octanol–water partition coefficient (Wildman–Crippen LogP) is 3.15. The Morgan fingerprint density at radius 3 is 2.20 bits per heavy atom. The first-order chi connectivity index (χ1) is 6.72. The van der Waals surface area contributed by atoms with E-state index in [4.69, 9.17) is 0 Å². The van der Waals surface area contributed by atoms with Crippen LogP contribution in [0.15, 0.2) is 24.3 Å². The summed E-state index contributed by atoms with van der Waals surface area (Å²) in [5.74, 6) is 0. The molecule has 0 aliphatic carbocycles. The zero-order chi connectivity index (χ0) is 11.7. The summed E-state index contributed by atoms with van der Waals surface area (Å²) >= 11 is 0. The van der Waals surface area contributed by atoms with Crippen molar-refractivity contribution in [3.8, 4) is 0 Å². The topological polar surface area (TPSA) is 20.2 Å². The van der Waals surface area contributed by atoms with E-state index in [-0.39, 0.29) is 0 Å². The van der Waals surface area contributed by atoms with Crippen LogP contribution < -0.4 is 0 Å². The van der Waals surface area contributed by atoms with Gasteiger partial charge in [-0.15, -0.1) is 0 Å². The molecule has 0 fully saturated rings. The van der Waals surface area contributed by atoms with Crippen LogP contribution >= 0.6 is 0 Å². The largest absolute Gasteiger partial charge is 0.392 e. The highest BCUT2D eigenvalue weighted by Gasteiger charge is 2.39. The van der Waals surface area contributed by atoms with Gasteiger partial charge in [0, 0.05) is 0 Å². The lowest BCUT2D eigenvalue weighted by molar-refractivity contribution is -0.174. The Labute approximate surface area is 86.5 Å². The zero-order valence-corrected chi connectivity index (χ0v) is 8.60.